The summed E-state index contributed by atoms with van der Waals surface area (Å²) in [5.74, 6) is 0.397. The van der Waals surface area contributed by atoms with Gasteiger partial charge in [0.2, 0.25) is 5.91 Å². The molecule has 1 saturated heterocycles. The molecular weight excluding hydrogens is 308 g/mol. The lowest BCUT2D eigenvalue weighted by molar-refractivity contribution is -0.124. The number of primary amides is 1. The second kappa shape index (κ2) is 5.87. The standard InChI is InChI=1S/C14H17ClN4OS/c1-8-2-3-9(13(16)20)6-19(8)7-11-17-12(15)10-4-5-21-14(10)18-11/h4-5,8-9H,2-3,6-7H2,1H3,(H2,16,20). The third-order valence-electron chi connectivity index (χ3n) is 4.08. The van der Waals surface area contributed by atoms with Gasteiger partial charge in [-0.15, -0.1) is 11.3 Å². The molecule has 2 atom stereocenters. The molecule has 0 aromatic carbocycles. The average molecular weight is 325 g/mol. The summed E-state index contributed by atoms with van der Waals surface area (Å²) in [6.45, 7) is 3.42. The van der Waals surface area contributed by atoms with E-state index in [4.69, 9.17) is 17.3 Å². The van der Waals surface area contributed by atoms with Crippen LogP contribution in [0.25, 0.3) is 10.2 Å². The van der Waals surface area contributed by atoms with E-state index < -0.39 is 0 Å². The quantitative estimate of drug-likeness (QED) is 0.880. The fourth-order valence-corrected chi connectivity index (χ4v) is 3.83. The molecule has 7 heteroatoms. The van der Waals surface area contributed by atoms with E-state index in [2.05, 4.69) is 21.8 Å². The summed E-state index contributed by atoms with van der Waals surface area (Å²) in [4.78, 5) is 23.4. The van der Waals surface area contributed by atoms with Crippen LogP contribution in [0.3, 0.4) is 0 Å². The minimum absolute atomic E-state index is 0.0814. The molecule has 2 aromatic rings. The number of carbonyl (C=O) groups excluding carboxylic acids is 1. The van der Waals surface area contributed by atoms with Crippen LogP contribution in [0.5, 0.6) is 0 Å². The minimum atomic E-state index is -0.223. The normalized spacial score (nSPS) is 23.5. The Morgan fingerprint density at radius 3 is 3.10 bits per heavy atom. The van der Waals surface area contributed by atoms with E-state index in [1.807, 2.05) is 11.4 Å². The topological polar surface area (TPSA) is 72.1 Å². The van der Waals surface area contributed by atoms with Gasteiger partial charge in [0.25, 0.3) is 0 Å². The molecule has 0 spiro atoms. The van der Waals surface area contributed by atoms with E-state index in [0.717, 1.165) is 23.1 Å². The summed E-state index contributed by atoms with van der Waals surface area (Å²) in [6.07, 6.45) is 1.82. The second-order valence-corrected chi connectivity index (χ2v) is 6.78. The average Bonchev–Trinajstić information content (AvgIpc) is 2.90. The first-order chi connectivity index (χ1) is 10.0. The number of piperidine rings is 1. The predicted octanol–water partition coefficient (Wildman–Crippen LogP) is 2.43. The maximum absolute atomic E-state index is 11.4. The molecule has 0 radical (unpaired) electrons. The van der Waals surface area contributed by atoms with Crippen molar-refractivity contribution in [2.24, 2.45) is 11.7 Å². The fraction of sp³-hybridized carbons (Fsp3) is 0.500. The van der Waals surface area contributed by atoms with Gasteiger partial charge in [-0.2, -0.15) is 0 Å². The molecule has 3 heterocycles. The number of carbonyl (C=O) groups is 1. The van der Waals surface area contributed by atoms with Crippen molar-refractivity contribution in [3.8, 4) is 0 Å². The van der Waals surface area contributed by atoms with Crippen LogP contribution in [0.15, 0.2) is 11.4 Å². The summed E-state index contributed by atoms with van der Waals surface area (Å²) in [5, 5.41) is 3.35. The van der Waals surface area contributed by atoms with Crippen LogP contribution in [0.4, 0.5) is 0 Å². The highest BCUT2D eigenvalue weighted by atomic mass is 35.5. The van der Waals surface area contributed by atoms with Crippen molar-refractivity contribution in [2.45, 2.75) is 32.4 Å². The van der Waals surface area contributed by atoms with E-state index in [0.29, 0.717) is 30.1 Å². The minimum Gasteiger partial charge on any atom is -0.369 e. The van der Waals surface area contributed by atoms with Crippen molar-refractivity contribution >= 4 is 39.1 Å². The monoisotopic (exact) mass is 324 g/mol. The Bertz CT molecular complexity index is 674. The number of rotatable bonds is 3. The molecule has 5 nitrogen and oxygen atoms in total. The Hall–Kier alpha value is -1.24. The molecule has 1 amide bonds. The summed E-state index contributed by atoms with van der Waals surface area (Å²) in [6, 6.07) is 2.32. The molecule has 1 aliphatic heterocycles. The third kappa shape index (κ3) is 3.02. The zero-order valence-corrected chi connectivity index (χ0v) is 13.3. The highest BCUT2D eigenvalue weighted by molar-refractivity contribution is 7.16. The maximum Gasteiger partial charge on any atom is 0.221 e. The lowest BCUT2D eigenvalue weighted by Crippen LogP contribution is -2.45. The van der Waals surface area contributed by atoms with Gasteiger partial charge in [-0.1, -0.05) is 11.6 Å². The summed E-state index contributed by atoms with van der Waals surface area (Å²) >= 11 is 7.76. The van der Waals surface area contributed by atoms with Crippen molar-refractivity contribution in [1.29, 1.82) is 0 Å². The Labute approximate surface area is 132 Å². The SMILES string of the molecule is CC1CCC(C(N)=O)CN1Cc1nc(Cl)c2ccsc2n1. The summed E-state index contributed by atoms with van der Waals surface area (Å²) in [7, 11) is 0. The molecule has 0 bridgehead atoms. The van der Waals surface area contributed by atoms with Crippen LogP contribution in [0.2, 0.25) is 5.15 Å². The van der Waals surface area contributed by atoms with Gasteiger partial charge in [0.1, 0.15) is 15.8 Å². The van der Waals surface area contributed by atoms with Gasteiger partial charge in [0.05, 0.1) is 12.5 Å². The smallest absolute Gasteiger partial charge is 0.221 e. The van der Waals surface area contributed by atoms with Crippen LogP contribution < -0.4 is 5.73 Å². The fourth-order valence-electron chi connectivity index (χ4n) is 2.74. The van der Waals surface area contributed by atoms with Crippen LogP contribution >= 0.6 is 22.9 Å². The number of nitrogens with zero attached hydrogens (tertiary/aromatic N) is 3. The number of halogens is 1. The first kappa shape index (κ1) is 14.7. The zero-order chi connectivity index (χ0) is 15.0. The zero-order valence-electron chi connectivity index (χ0n) is 11.8. The molecule has 21 heavy (non-hydrogen) atoms. The van der Waals surface area contributed by atoms with Gasteiger partial charge < -0.3 is 5.73 Å². The molecule has 0 aliphatic carbocycles. The Morgan fingerprint density at radius 1 is 1.52 bits per heavy atom. The van der Waals surface area contributed by atoms with Gasteiger partial charge in [-0.25, -0.2) is 9.97 Å². The molecule has 2 N–H and O–H groups in total. The van der Waals surface area contributed by atoms with Crippen LogP contribution in [-0.4, -0.2) is 33.4 Å². The second-order valence-electron chi connectivity index (χ2n) is 5.53. The molecule has 0 saturated carbocycles. The molecule has 2 aromatic heterocycles. The highest BCUT2D eigenvalue weighted by Gasteiger charge is 2.29. The first-order valence-corrected chi connectivity index (χ1v) is 8.23. The van der Waals surface area contributed by atoms with Crippen LogP contribution in [0.1, 0.15) is 25.6 Å². The molecule has 1 fully saturated rings. The van der Waals surface area contributed by atoms with E-state index in [9.17, 15) is 4.79 Å². The molecule has 3 rings (SSSR count). The number of hydrogen-bond acceptors (Lipinski definition) is 5. The van der Waals surface area contributed by atoms with E-state index in [1.54, 1.807) is 11.3 Å². The number of aromatic nitrogens is 2. The lowest BCUT2D eigenvalue weighted by Gasteiger charge is -2.36. The van der Waals surface area contributed by atoms with Gasteiger partial charge in [0.15, 0.2) is 0 Å². The molecule has 2 unspecified atom stereocenters. The number of likely N-dealkylation sites (tertiary alicyclic amines) is 1. The van der Waals surface area contributed by atoms with Crippen LogP contribution in [-0.2, 0) is 11.3 Å². The molecule has 1 aliphatic rings. The van der Waals surface area contributed by atoms with Crippen molar-refractivity contribution in [2.75, 3.05) is 6.54 Å². The van der Waals surface area contributed by atoms with E-state index in [-0.39, 0.29) is 11.8 Å². The largest absolute Gasteiger partial charge is 0.369 e. The van der Waals surface area contributed by atoms with Crippen molar-refractivity contribution in [1.82, 2.24) is 14.9 Å². The van der Waals surface area contributed by atoms with Gasteiger partial charge in [-0.05, 0) is 31.2 Å². The molecule has 112 valence electrons. The van der Waals surface area contributed by atoms with Crippen molar-refractivity contribution in [3.63, 3.8) is 0 Å². The van der Waals surface area contributed by atoms with Gasteiger partial charge in [-0.3, -0.25) is 9.69 Å². The van der Waals surface area contributed by atoms with Crippen LogP contribution in [0, 0.1) is 5.92 Å². The lowest BCUT2D eigenvalue weighted by atomic mass is 9.93. The van der Waals surface area contributed by atoms with E-state index in [1.165, 1.54) is 0 Å². The predicted molar refractivity (Wildman–Crippen MR) is 84.2 cm³/mol. The highest BCUT2D eigenvalue weighted by Crippen LogP contribution is 2.27. The number of nitrogens with two attached hydrogens (primary N) is 1. The Kier molecular flexibility index (Phi) is 4.10. The van der Waals surface area contributed by atoms with Crippen molar-refractivity contribution < 1.29 is 4.79 Å². The first-order valence-electron chi connectivity index (χ1n) is 6.97. The Morgan fingerprint density at radius 2 is 2.33 bits per heavy atom. The van der Waals surface area contributed by atoms with E-state index >= 15 is 0 Å². The number of hydrogen-bond donors (Lipinski definition) is 1. The van der Waals surface area contributed by atoms with Crippen molar-refractivity contribution in [3.05, 3.63) is 22.4 Å². The Balaban J connectivity index is 1.81. The third-order valence-corrected chi connectivity index (χ3v) is 5.18. The summed E-state index contributed by atoms with van der Waals surface area (Å²) in [5.41, 5.74) is 5.44. The maximum atomic E-state index is 11.4. The van der Waals surface area contributed by atoms with Gasteiger partial charge >= 0.3 is 0 Å². The molecular formula is C14H17ClN4OS. The number of amides is 1. The number of thiophene rings is 1. The van der Waals surface area contributed by atoms with Gasteiger partial charge in [0, 0.05) is 18.0 Å². The number of fused-ring (bicyclic) bond motifs is 1. The summed E-state index contributed by atoms with van der Waals surface area (Å²) < 4.78 is 0.